The smallest absolute Gasteiger partial charge is 0.126 e. The van der Waals surface area contributed by atoms with Crippen molar-refractivity contribution in [1.29, 1.82) is 0 Å². The monoisotopic (exact) mass is 297 g/mol. The molecule has 1 aromatic heterocycles. The minimum absolute atomic E-state index is 0.233. The molecule has 0 amide bonds. The molecule has 0 aliphatic heterocycles. The highest BCUT2D eigenvalue weighted by Crippen LogP contribution is 2.22. The van der Waals surface area contributed by atoms with Crippen molar-refractivity contribution < 1.29 is 8.81 Å². The molecule has 0 radical (unpaired) electrons. The summed E-state index contributed by atoms with van der Waals surface area (Å²) in [5.41, 5.74) is 7.51. The molecule has 1 aromatic carbocycles. The van der Waals surface area contributed by atoms with E-state index >= 15 is 0 Å². The largest absolute Gasteiger partial charge is 0.469 e. The third-order valence-electron chi connectivity index (χ3n) is 2.63. The van der Waals surface area contributed by atoms with Gasteiger partial charge >= 0.3 is 0 Å². The lowest BCUT2D eigenvalue weighted by atomic mass is 10.0. The van der Waals surface area contributed by atoms with Crippen LogP contribution in [0.25, 0.3) is 0 Å². The molecule has 2 N–H and O–H groups in total. The minimum Gasteiger partial charge on any atom is -0.469 e. The summed E-state index contributed by atoms with van der Waals surface area (Å²) >= 11 is 3.32. The van der Waals surface area contributed by atoms with Crippen molar-refractivity contribution in [3.63, 3.8) is 0 Å². The van der Waals surface area contributed by atoms with E-state index in [1.54, 1.807) is 18.4 Å². The van der Waals surface area contributed by atoms with Crippen LogP contribution in [0, 0.1) is 12.7 Å². The molecule has 2 nitrogen and oxygen atoms in total. The number of nitrogens with two attached hydrogens (primary N) is 1. The first-order valence-corrected chi connectivity index (χ1v) is 6.10. The van der Waals surface area contributed by atoms with Gasteiger partial charge in [0.1, 0.15) is 11.6 Å². The number of benzene rings is 1. The van der Waals surface area contributed by atoms with Gasteiger partial charge in [0.2, 0.25) is 0 Å². The molecule has 4 heteroatoms. The summed E-state index contributed by atoms with van der Waals surface area (Å²) in [4.78, 5) is 0. The third-order valence-corrected chi connectivity index (χ3v) is 3.12. The summed E-state index contributed by atoms with van der Waals surface area (Å²) in [5, 5.41) is 0. The van der Waals surface area contributed by atoms with Crippen LogP contribution in [0.4, 0.5) is 4.39 Å². The highest BCUT2D eigenvalue weighted by Gasteiger charge is 2.12. The summed E-state index contributed by atoms with van der Waals surface area (Å²) in [7, 11) is 0. The molecule has 2 rings (SSSR count). The van der Waals surface area contributed by atoms with Crippen LogP contribution >= 0.6 is 15.9 Å². The van der Waals surface area contributed by atoms with Crippen molar-refractivity contribution >= 4 is 15.9 Å². The normalized spacial score (nSPS) is 12.7. The average molecular weight is 298 g/mol. The molecule has 17 heavy (non-hydrogen) atoms. The summed E-state index contributed by atoms with van der Waals surface area (Å²) < 4.78 is 19.6. The lowest BCUT2D eigenvalue weighted by Gasteiger charge is -2.10. The van der Waals surface area contributed by atoms with Crippen LogP contribution in [0.1, 0.15) is 22.9 Å². The van der Waals surface area contributed by atoms with E-state index in [1.807, 2.05) is 13.0 Å². The fourth-order valence-corrected chi connectivity index (χ4v) is 2.12. The second-order valence-electron chi connectivity index (χ2n) is 4.04. The Bertz CT molecular complexity index is 524. The maximum absolute atomic E-state index is 13.6. The van der Waals surface area contributed by atoms with E-state index < -0.39 is 0 Å². The highest BCUT2D eigenvalue weighted by molar-refractivity contribution is 9.10. The van der Waals surface area contributed by atoms with E-state index in [0.717, 1.165) is 15.8 Å². The Hall–Kier alpha value is -1.13. The fourth-order valence-electron chi connectivity index (χ4n) is 1.71. The number of rotatable bonds is 3. The van der Waals surface area contributed by atoms with Crippen molar-refractivity contribution in [2.24, 2.45) is 5.73 Å². The molecule has 1 atom stereocenters. The standard InChI is InChI=1S/C13H13BrFNO/c1-8-4-10(7-17-8)13(16)6-9-5-11(14)2-3-12(9)15/h2-5,7,13H,6,16H2,1H3. The van der Waals surface area contributed by atoms with E-state index in [9.17, 15) is 4.39 Å². The van der Waals surface area contributed by atoms with Crippen LogP contribution in [0.3, 0.4) is 0 Å². The van der Waals surface area contributed by atoms with E-state index in [4.69, 9.17) is 10.2 Å². The zero-order valence-electron chi connectivity index (χ0n) is 9.41. The molecular formula is C13H13BrFNO. The second kappa shape index (κ2) is 5.02. The maximum atomic E-state index is 13.6. The predicted molar refractivity (Wildman–Crippen MR) is 68.2 cm³/mol. The first-order chi connectivity index (χ1) is 8.06. The van der Waals surface area contributed by atoms with Crippen molar-refractivity contribution in [2.45, 2.75) is 19.4 Å². The van der Waals surface area contributed by atoms with Gasteiger partial charge in [0.05, 0.1) is 6.26 Å². The first-order valence-electron chi connectivity index (χ1n) is 5.31. The predicted octanol–water partition coefficient (Wildman–Crippen LogP) is 3.73. The van der Waals surface area contributed by atoms with Gasteiger partial charge in [0.15, 0.2) is 0 Å². The summed E-state index contributed by atoms with van der Waals surface area (Å²) in [6.07, 6.45) is 2.07. The molecule has 1 heterocycles. The zero-order valence-corrected chi connectivity index (χ0v) is 11.0. The molecule has 1 unspecified atom stereocenters. The van der Waals surface area contributed by atoms with Gasteiger partial charge in [-0.15, -0.1) is 0 Å². The Labute approximate surface area is 108 Å². The van der Waals surface area contributed by atoms with E-state index in [-0.39, 0.29) is 11.9 Å². The third kappa shape index (κ3) is 2.96. The molecule has 0 fully saturated rings. The van der Waals surface area contributed by atoms with Crippen molar-refractivity contribution in [1.82, 2.24) is 0 Å². The Morgan fingerprint density at radius 3 is 2.82 bits per heavy atom. The average Bonchev–Trinajstić information content (AvgIpc) is 2.70. The van der Waals surface area contributed by atoms with Crippen molar-refractivity contribution in [3.8, 4) is 0 Å². The minimum atomic E-state index is -0.253. The topological polar surface area (TPSA) is 39.2 Å². The molecule has 0 aliphatic carbocycles. The summed E-state index contributed by atoms with van der Waals surface area (Å²) in [5.74, 6) is 0.578. The van der Waals surface area contributed by atoms with Gasteiger partial charge in [-0.3, -0.25) is 0 Å². The summed E-state index contributed by atoms with van der Waals surface area (Å²) in [6.45, 7) is 1.86. The molecule has 0 aliphatic rings. The lowest BCUT2D eigenvalue weighted by molar-refractivity contribution is 0.527. The second-order valence-corrected chi connectivity index (χ2v) is 4.95. The Morgan fingerprint density at radius 2 is 2.18 bits per heavy atom. The van der Waals surface area contributed by atoms with E-state index in [0.29, 0.717) is 12.0 Å². The first kappa shape index (κ1) is 12.3. The van der Waals surface area contributed by atoms with Gasteiger partial charge in [0.25, 0.3) is 0 Å². The fraction of sp³-hybridized carbons (Fsp3) is 0.231. The highest BCUT2D eigenvalue weighted by atomic mass is 79.9. The number of halogens is 2. The molecule has 2 aromatic rings. The van der Waals surface area contributed by atoms with Crippen LogP contribution < -0.4 is 5.73 Å². The van der Waals surface area contributed by atoms with Crippen LogP contribution in [0.15, 0.2) is 39.4 Å². The number of aryl methyl sites for hydroxylation is 1. The molecule has 0 spiro atoms. The van der Waals surface area contributed by atoms with E-state index in [2.05, 4.69) is 15.9 Å². The Kier molecular flexibility index (Phi) is 3.64. The van der Waals surface area contributed by atoms with Crippen LogP contribution in [0.2, 0.25) is 0 Å². The zero-order chi connectivity index (χ0) is 12.4. The van der Waals surface area contributed by atoms with Gasteiger partial charge in [-0.25, -0.2) is 4.39 Å². The Morgan fingerprint density at radius 1 is 1.41 bits per heavy atom. The van der Waals surface area contributed by atoms with Gasteiger partial charge in [-0.2, -0.15) is 0 Å². The van der Waals surface area contributed by atoms with Gasteiger partial charge in [-0.1, -0.05) is 15.9 Å². The number of hydrogen-bond acceptors (Lipinski definition) is 2. The molecule has 0 bridgehead atoms. The van der Waals surface area contributed by atoms with Crippen LogP contribution in [-0.2, 0) is 6.42 Å². The van der Waals surface area contributed by atoms with Crippen molar-refractivity contribution in [3.05, 3.63) is 57.7 Å². The van der Waals surface area contributed by atoms with E-state index in [1.165, 1.54) is 6.07 Å². The SMILES string of the molecule is Cc1cc(C(N)Cc2cc(Br)ccc2F)co1. The van der Waals surface area contributed by atoms with Gasteiger partial charge in [0, 0.05) is 16.1 Å². The molecule has 0 saturated carbocycles. The molecular weight excluding hydrogens is 285 g/mol. The van der Waals surface area contributed by atoms with Crippen LogP contribution in [0.5, 0.6) is 0 Å². The van der Waals surface area contributed by atoms with Crippen molar-refractivity contribution in [2.75, 3.05) is 0 Å². The molecule has 90 valence electrons. The van der Waals surface area contributed by atoms with Crippen LogP contribution in [-0.4, -0.2) is 0 Å². The maximum Gasteiger partial charge on any atom is 0.126 e. The quantitative estimate of drug-likeness (QED) is 0.937. The van der Waals surface area contributed by atoms with Gasteiger partial charge < -0.3 is 10.2 Å². The Balaban J connectivity index is 2.18. The lowest BCUT2D eigenvalue weighted by Crippen LogP contribution is -2.13. The van der Waals surface area contributed by atoms with Gasteiger partial charge in [-0.05, 0) is 43.2 Å². The number of furan rings is 1. The summed E-state index contributed by atoms with van der Waals surface area (Å²) in [6, 6.07) is 6.48. The molecule has 0 saturated heterocycles. The number of hydrogen-bond donors (Lipinski definition) is 1.